The maximum Gasteiger partial charge on any atom is 0.229 e. The summed E-state index contributed by atoms with van der Waals surface area (Å²) in [7, 11) is 0. The van der Waals surface area contributed by atoms with Crippen LogP contribution < -0.4 is 10.2 Å². The molecule has 2 rings (SSSR count). The van der Waals surface area contributed by atoms with E-state index in [-0.39, 0.29) is 5.91 Å². The number of hydrogen-bond donors (Lipinski definition) is 1. The third-order valence-electron chi connectivity index (χ3n) is 3.81. The van der Waals surface area contributed by atoms with Crippen molar-refractivity contribution in [1.29, 1.82) is 0 Å². The van der Waals surface area contributed by atoms with E-state index in [1.807, 2.05) is 49.5 Å². The monoisotopic (exact) mass is 325 g/mol. The number of carbonyl (C=O) groups excluding carboxylic acids is 1. The molecule has 0 atom stereocenters. The van der Waals surface area contributed by atoms with E-state index < -0.39 is 0 Å². The van der Waals surface area contributed by atoms with E-state index in [0.29, 0.717) is 12.2 Å². The highest BCUT2D eigenvalue weighted by atomic mass is 16.1. The zero-order chi connectivity index (χ0) is 17.4. The fourth-order valence-electron chi connectivity index (χ4n) is 2.75. The molecular formula is C20H27N3O. The Kier molecular flexibility index (Phi) is 6.79. The normalized spacial score (nSPS) is 10.5. The minimum Gasteiger partial charge on any atom is -0.370 e. The average Bonchev–Trinajstić information content (AvgIpc) is 2.55. The Bertz CT molecular complexity index is 646. The van der Waals surface area contributed by atoms with Crippen LogP contribution in [0.4, 0.5) is 11.5 Å². The van der Waals surface area contributed by atoms with Crippen molar-refractivity contribution in [3.8, 4) is 0 Å². The van der Waals surface area contributed by atoms with Crippen molar-refractivity contribution in [3.63, 3.8) is 0 Å². The first-order valence-corrected chi connectivity index (χ1v) is 8.68. The highest BCUT2D eigenvalue weighted by Gasteiger charge is 2.08. The average molecular weight is 325 g/mol. The predicted molar refractivity (Wildman–Crippen MR) is 101 cm³/mol. The summed E-state index contributed by atoms with van der Waals surface area (Å²) in [5.74, 6) is 0.559. The lowest BCUT2D eigenvalue weighted by Crippen LogP contribution is -2.25. The maximum atomic E-state index is 12.2. The molecule has 0 aliphatic carbocycles. The largest absolute Gasteiger partial charge is 0.370 e. The molecule has 4 heteroatoms. The van der Waals surface area contributed by atoms with Gasteiger partial charge in [-0.1, -0.05) is 43.7 Å². The van der Waals surface area contributed by atoms with Crippen molar-refractivity contribution in [1.82, 2.24) is 4.98 Å². The molecule has 0 bridgehead atoms. The molecule has 1 heterocycles. The second kappa shape index (κ2) is 9.06. The molecule has 0 unspecified atom stereocenters. The molecule has 1 N–H and O–H groups in total. The van der Waals surface area contributed by atoms with Crippen molar-refractivity contribution in [2.45, 2.75) is 40.0 Å². The van der Waals surface area contributed by atoms with E-state index in [2.05, 4.69) is 29.0 Å². The molecule has 1 aromatic carbocycles. The Morgan fingerprint density at radius 1 is 1.12 bits per heavy atom. The minimum atomic E-state index is -0.0418. The van der Waals surface area contributed by atoms with Crippen molar-refractivity contribution < 1.29 is 4.79 Å². The Morgan fingerprint density at radius 2 is 1.88 bits per heavy atom. The Balaban J connectivity index is 1.96. The van der Waals surface area contributed by atoms with Crippen molar-refractivity contribution in [2.75, 3.05) is 23.3 Å². The summed E-state index contributed by atoms with van der Waals surface area (Å²) in [5, 5.41) is 2.87. The van der Waals surface area contributed by atoms with E-state index >= 15 is 0 Å². The third kappa shape index (κ3) is 5.37. The summed E-state index contributed by atoms with van der Waals surface area (Å²) in [5.41, 5.74) is 3.28. The lowest BCUT2D eigenvalue weighted by Gasteiger charge is -2.23. The summed E-state index contributed by atoms with van der Waals surface area (Å²) in [6.07, 6.45) is 4.42. The van der Waals surface area contributed by atoms with Crippen LogP contribution in [-0.2, 0) is 11.2 Å². The molecule has 24 heavy (non-hydrogen) atoms. The fourth-order valence-corrected chi connectivity index (χ4v) is 2.75. The highest BCUT2D eigenvalue weighted by Crippen LogP contribution is 2.16. The van der Waals surface area contributed by atoms with Gasteiger partial charge >= 0.3 is 0 Å². The number of anilines is 2. The van der Waals surface area contributed by atoms with Crippen LogP contribution in [0.3, 0.4) is 0 Å². The molecule has 1 amide bonds. The van der Waals surface area contributed by atoms with E-state index in [1.165, 1.54) is 0 Å². The van der Waals surface area contributed by atoms with Gasteiger partial charge in [-0.2, -0.15) is 0 Å². The van der Waals surface area contributed by atoms with Crippen molar-refractivity contribution in [3.05, 3.63) is 53.7 Å². The number of benzene rings is 1. The quantitative estimate of drug-likeness (QED) is 0.791. The molecule has 0 saturated carbocycles. The van der Waals surface area contributed by atoms with Crippen LogP contribution in [0.1, 0.15) is 37.8 Å². The Hall–Kier alpha value is -2.36. The number of nitrogens with one attached hydrogen (secondary N) is 1. The van der Waals surface area contributed by atoms with Gasteiger partial charge in [0.15, 0.2) is 0 Å². The summed E-state index contributed by atoms with van der Waals surface area (Å²) < 4.78 is 0. The topological polar surface area (TPSA) is 45.2 Å². The molecule has 2 aromatic rings. The molecule has 0 aliphatic heterocycles. The van der Waals surface area contributed by atoms with Crippen LogP contribution in [0.2, 0.25) is 0 Å². The fraction of sp³-hybridized carbons (Fsp3) is 0.400. The number of aryl methyl sites for hydroxylation is 1. The van der Waals surface area contributed by atoms with Gasteiger partial charge < -0.3 is 10.2 Å². The van der Waals surface area contributed by atoms with Crippen LogP contribution in [0, 0.1) is 6.92 Å². The zero-order valence-electron chi connectivity index (χ0n) is 14.9. The lowest BCUT2D eigenvalue weighted by molar-refractivity contribution is -0.115. The summed E-state index contributed by atoms with van der Waals surface area (Å²) in [4.78, 5) is 18.9. The van der Waals surface area contributed by atoms with Gasteiger partial charge in [0.1, 0.15) is 5.82 Å². The number of aromatic nitrogens is 1. The number of rotatable bonds is 8. The van der Waals surface area contributed by atoms with Crippen LogP contribution in [0.5, 0.6) is 0 Å². The smallest absolute Gasteiger partial charge is 0.229 e. The number of hydrogen-bond acceptors (Lipinski definition) is 3. The molecule has 0 radical (unpaired) electrons. The van der Waals surface area contributed by atoms with Crippen LogP contribution in [0.15, 0.2) is 42.6 Å². The summed E-state index contributed by atoms with van der Waals surface area (Å²) in [6, 6.07) is 11.9. The molecule has 0 aliphatic rings. The van der Waals surface area contributed by atoms with Crippen LogP contribution in [0.25, 0.3) is 0 Å². The first-order chi connectivity index (χ1) is 11.6. The molecule has 1 aromatic heterocycles. The first kappa shape index (κ1) is 18.0. The Labute approximate surface area is 144 Å². The number of carbonyl (C=O) groups is 1. The van der Waals surface area contributed by atoms with Crippen LogP contribution >= 0.6 is 0 Å². The van der Waals surface area contributed by atoms with Gasteiger partial charge in [0.2, 0.25) is 5.91 Å². The predicted octanol–water partition coefficient (Wildman–Crippen LogP) is 4.20. The summed E-state index contributed by atoms with van der Waals surface area (Å²) >= 11 is 0. The van der Waals surface area contributed by atoms with Gasteiger partial charge in [0.05, 0.1) is 18.3 Å². The van der Waals surface area contributed by atoms with Gasteiger partial charge in [-0.15, -0.1) is 0 Å². The second-order valence-electron chi connectivity index (χ2n) is 6.10. The van der Waals surface area contributed by atoms with Gasteiger partial charge in [-0.25, -0.2) is 4.98 Å². The van der Waals surface area contributed by atoms with Crippen molar-refractivity contribution >= 4 is 17.4 Å². The molecule has 4 nitrogen and oxygen atoms in total. The standard InChI is InChI=1S/C20H27N3O/c1-4-11-23(12-5-2)18-9-10-19(21-15-18)22-20(24)14-17-8-6-7-16(3)13-17/h6-10,13,15H,4-5,11-12,14H2,1-3H3,(H,21,22,24). The van der Waals surface area contributed by atoms with Gasteiger partial charge in [0.25, 0.3) is 0 Å². The molecule has 0 saturated heterocycles. The van der Waals surface area contributed by atoms with Gasteiger partial charge in [0, 0.05) is 13.1 Å². The highest BCUT2D eigenvalue weighted by molar-refractivity contribution is 5.91. The van der Waals surface area contributed by atoms with E-state index in [4.69, 9.17) is 0 Å². The lowest BCUT2D eigenvalue weighted by atomic mass is 10.1. The van der Waals surface area contributed by atoms with E-state index in [9.17, 15) is 4.79 Å². The first-order valence-electron chi connectivity index (χ1n) is 8.68. The number of nitrogens with zero attached hydrogens (tertiary/aromatic N) is 2. The van der Waals surface area contributed by atoms with Gasteiger partial charge in [-0.3, -0.25) is 4.79 Å². The molecule has 128 valence electrons. The SMILES string of the molecule is CCCN(CCC)c1ccc(NC(=O)Cc2cccc(C)c2)nc1. The van der Waals surface area contributed by atoms with Crippen LogP contribution in [-0.4, -0.2) is 24.0 Å². The maximum absolute atomic E-state index is 12.2. The molecule has 0 spiro atoms. The molecule has 0 fully saturated rings. The number of pyridine rings is 1. The Morgan fingerprint density at radius 3 is 2.46 bits per heavy atom. The van der Waals surface area contributed by atoms with E-state index in [1.54, 1.807) is 0 Å². The number of amides is 1. The van der Waals surface area contributed by atoms with Crippen molar-refractivity contribution in [2.24, 2.45) is 0 Å². The molecular weight excluding hydrogens is 298 g/mol. The van der Waals surface area contributed by atoms with Gasteiger partial charge in [-0.05, 0) is 37.5 Å². The summed E-state index contributed by atoms with van der Waals surface area (Å²) in [6.45, 7) is 8.43. The van der Waals surface area contributed by atoms with E-state index in [0.717, 1.165) is 42.7 Å². The second-order valence-corrected chi connectivity index (χ2v) is 6.10. The minimum absolute atomic E-state index is 0.0418. The zero-order valence-corrected chi connectivity index (χ0v) is 14.9. The third-order valence-corrected chi connectivity index (χ3v) is 3.81.